The standard InChI is InChI=1S/C13H12N2O2/c1-8-4-2-3-5-9(8)10-6-12(16)15-7-11(10)13(14)17/h2-7H,1H3,(H2,14,17)(H,15,16). The van der Waals surface area contributed by atoms with Crippen molar-refractivity contribution in [1.82, 2.24) is 4.98 Å². The summed E-state index contributed by atoms with van der Waals surface area (Å²) in [5.74, 6) is -0.556. The maximum Gasteiger partial charge on any atom is 0.250 e. The normalized spacial score (nSPS) is 10.2. The number of aromatic amines is 1. The summed E-state index contributed by atoms with van der Waals surface area (Å²) in [6.45, 7) is 1.92. The highest BCUT2D eigenvalue weighted by Crippen LogP contribution is 2.24. The van der Waals surface area contributed by atoms with Crippen LogP contribution >= 0.6 is 0 Å². The molecule has 0 radical (unpaired) electrons. The zero-order valence-corrected chi connectivity index (χ0v) is 9.36. The first-order valence-corrected chi connectivity index (χ1v) is 5.18. The zero-order valence-electron chi connectivity index (χ0n) is 9.36. The molecule has 0 saturated carbocycles. The third-order valence-electron chi connectivity index (χ3n) is 2.63. The number of hydrogen-bond acceptors (Lipinski definition) is 2. The number of H-pyrrole nitrogens is 1. The number of carbonyl (C=O) groups is 1. The van der Waals surface area contributed by atoms with Gasteiger partial charge in [0.25, 0.3) is 5.91 Å². The van der Waals surface area contributed by atoms with Gasteiger partial charge in [0.05, 0.1) is 5.56 Å². The molecular formula is C13H12N2O2. The maximum atomic E-state index is 11.3. The molecule has 1 amide bonds. The van der Waals surface area contributed by atoms with Gasteiger partial charge in [-0.1, -0.05) is 24.3 Å². The van der Waals surface area contributed by atoms with E-state index in [-0.39, 0.29) is 5.56 Å². The lowest BCUT2D eigenvalue weighted by Crippen LogP contribution is -2.16. The Morgan fingerprint density at radius 2 is 1.94 bits per heavy atom. The summed E-state index contributed by atoms with van der Waals surface area (Å²) in [5, 5.41) is 0. The van der Waals surface area contributed by atoms with Gasteiger partial charge in [0.1, 0.15) is 0 Å². The second kappa shape index (κ2) is 4.25. The molecule has 1 aromatic heterocycles. The molecule has 0 saturated heterocycles. The number of pyridine rings is 1. The lowest BCUT2D eigenvalue weighted by Gasteiger charge is -2.08. The lowest BCUT2D eigenvalue weighted by atomic mass is 9.97. The second-order valence-electron chi connectivity index (χ2n) is 3.80. The molecule has 0 aliphatic rings. The molecule has 3 N–H and O–H groups in total. The summed E-state index contributed by atoms with van der Waals surface area (Å²) in [5.41, 5.74) is 7.75. The largest absolute Gasteiger partial charge is 0.366 e. The van der Waals surface area contributed by atoms with E-state index in [2.05, 4.69) is 4.98 Å². The van der Waals surface area contributed by atoms with Gasteiger partial charge in [-0.3, -0.25) is 9.59 Å². The van der Waals surface area contributed by atoms with Crippen LogP contribution in [-0.2, 0) is 0 Å². The third-order valence-corrected chi connectivity index (χ3v) is 2.63. The predicted molar refractivity (Wildman–Crippen MR) is 65.8 cm³/mol. The van der Waals surface area contributed by atoms with Crippen LogP contribution in [-0.4, -0.2) is 10.9 Å². The molecule has 0 fully saturated rings. The fourth-order valence-corrected chi connectivity index (χ4v) is 1.77. The molecule has 0 aliphatic carbocycles. The molecule has 0 unspecified atom stereocenters. The van der Waals surface area contributed by atoms with E-state index in [9.17, 15) is 9.59 Å². The van der Waals surface area contributed by atoms with Crippen LogP contribution in [0.2, 0.25) is 0 Å². The number of nitrogens with two attached hydrogens (primary N) is 1. The van der Waals surface area contributed by atoms with Gasteiger partial charge in [0.15, 0.2) is 0 Å². The lowest BCUT2D eigenvalue weighted by molar-refractivity contribution is 0.100. The van der Waals surface area contributed by atoms with Crippen molar-refractivity contribution < 1.29 is 4.79 Å². The first-order chi connectivity index (χ1) is 8.09. The van der Waals surface area contributed by atoms with E-state index in [4.69, 9.17) is 5.73 Å². The van der Waals surface area contributed by atoms with Crippen LogP contribution < -0.4 is 11.3 Å². The summed E-state index contributed by atoms with van der Waals surface area (Å²) >= 11 is 0. The van der Waals surface area contributed by atoms with Crippen LogP contribution in [0.5, 0.6) is 0 Å². The average Bonchev–Trinajstić information content (AvgIpc) is 2.29. The van der Waals surface area contributed by atoms with Gasteiger partial charge in [0.2, 0.25) is 5.56 Å². The number of aromatic nitrogens is 1. The number of nitrogens with one attached hydrogen (secondary N) is 1. The van der Waals surface area contributed by atoms with Crippen molar-refractivity contribution in [2.75, 3.05) is 0 Å². The highest BCUT2D eigenvalue weighted by atomic mass is 16.1. The number of primary amides is 1. The van der Waals surface area contributed by atoms with Crippen LogP contribution in [0, 0.1) is 6.92 Å². The van der Waals surface area contributed by atoms with Crippen LogP contribution in [0.1, 0.15) is 15.9 Å². The smallest absolute Gasteiger partial charge is 0.250 e. The van der Waals surface area contributed by atoms with E-state index in [1.54, 1.807) is 0 Å². The van der Waals surface area contributed by atoms with E-state index in [1.807, 2.05) is 31.2 Å². The molecule has 0 spiro atoms. The Morgan fingerprint density at radius 1 is 1.24 bits per heavy atom. The summed E-state index contributed by atoms with van der Waals surface area (Å²) < 4.78 is 0. The van der Waals surface area contributed by atoms with Crippen molar-refractivity contribution >= 4 is 5.91 Å². The first-order valence-electron chi connectivity index (χ1n) is 5.18. The van der Waals surface area contributed by atoms with Crippen LogP contribution in [0.3, 0.4) is 0 Å². The summed E-state index contributed by atoms with van der Waals surface area (Å²) in [6.07, 6.45) is 1.35. The number of amides is 1. The number of rotatable bonds is 2. The second-order valence-corrected chi connectivity index (χ2v) is 3.80. The van der Waals surface area contributed by atoms with Gasteiger partial charge < -0.3 is 10.7 Å². The van der Waals surface area contributed by atoms with Crippen LogP contribution in [0.4, 0.5) is 0 Å². The Bertz CT molecular complexity index is 629. The summed E-state index contributed by atoms with van der Waals surface area (Å²) in [7, 11) is 0. The van der Waals surface area contributed by atoms with Crippen LogP contribution in [0.25, 0.3) is 11.1 Å². The van der Waals surface area contributed by atoms with E-state index in [0.717, 1.165) is 11.1 Å². The molecule has 4 heteroatoms. The maximum absolute atomic E-state index is 11.3. The number of carbonyl (C=O) groups excluding carboxylic acids is 1. The molecule has 0 atom stereocenters. The monoisotopic (exact) mass is 228 g/mol. The summed E-state index contributed by atoms with van der Waals surface area (Å²) in [4.78, 5) is 25.1. The van der Waals surface area contributed by atoms with Crippen molar-refractivity contribution in [1.29, 1.82) is 0 Å². The van der Waals surface area contributed by atoms with Crippen molar-refractivity contribution in [2.45, 2.75) is 6.92 Å². The van der Waals surface area contributed by atoms with Gasteiger partial charge in [-0.05, 0) is 18.1 Å². The third kappa shape index (κ3) is 2.10. The minimum Gasteiger partial charge on any atom is -0.366 e. The number of benzene rings is 1. The van der Waals surface area contributed by atoms with Crippen molar-refractivity contribution in [2.24, 2.45) is 5.73 Å². The SMILES string of the molecule is Cc1ccccc1-c1cc(=O)[nH]cc1C(N)=O. The molecule has 0 bridgehead atoms. The van der Waals surface area contributed by atoms with Gasteiger partial charge >= 0.3 is 0 Å². The van der Waals surface area contributed by atoms with Gasteiger partial charge in [-0.15, -0.1) is 0 Å². The van der Waals surface area contributed by atoms with Crippen LogP contribution in [0.15, 0.2) is 41.3 Å². The van der Waals surface area contributed by atoms with Gasteiger partial charge in [0, 0.05) is 17.8 Å². The Morgan fingerprint density at radius 3 is 2.59 bits per heavy atom. The molecule has 17 heavy (non-hydrogen) atoms. The molecule has 2 aromatic rings. The molecule has 4 nitrogen and oxygen atoms in total. The van der Waals surface area contributed by atoms with Gasteiger partial charge in [-0.25, -0.2) is 0 Å². The minimum atomic E-state index is -0.556. The fourth-order valence-electron chi connectivity index (χ4n) is 1.77. The predicted octanol–water partition coefficient (Wildman–Crippen LogP) is 1.45. The Hall–Kier alpha value is -2.36. The van der Waals surface area contributed by atoms with E-state index >= 15 is 0 Å². The first kappa shape index (κ1) is 11.1. The molecule has 1 heterocycles. The molecule has 2 rings (SSSR count). The average molecular weight is 228 g/mol. The van der Waals surface area contributed by atoms with E-state index in [1.165, 1.54) is 12.3 Å². The molecular weight excluding hydrogens is 216 g/mol. The quantitative estimate of drug-likeness (QED) is 0.816. The minimum absolute atomic E-state index is 0.256. The highest BCUT2D eigenvalue weighted by molar-refractivity contribution is 5.99. The Kier molecular flexibility index (Phi) is 2.78. The van der Waals surface area contributed by atoms with Crippen molar-refractivity contribution in [3.63, 3.8) is 0 Å². The molecule has 86 valence electrons. The van der Waals surface area contributed by atoms with E-state index in [0.29, 0.717) is 11.1 Å². The Balaban J connectivity index is 2.74. The Labute approximate surface area is 98.1 Å². The van der Waals surface area contributed by atoms with Crippen molar-refractivity contribution in [3.8, 4) is 11.1 Å². The zero-order chi connectivity index (χ0) is 12.4. The molecule has 0 aliphatic heterocycles. The molecule has 1 aromatic carbocycles. The van der Waals surface area contributed by atoms with Crippen molar-refractivity contribution in [3.05, 3.63) is 58.0 Å². The summed E-state index contributed by atoms with van der Waals surface area (Å²) in [6, 6.07) is 8.92. The highest BCUT2D eigenvalue weighted by Gasteiger charge is 2.12. The van der Waals surface area contributed by atoms with Gasteiger partial charge in [-0.2, -0.15) is 0 Å². The topological polar surface area (TPSA) is 75.9 Å². The van der Waals surface area contributed by atoms with E-state index < -0.39 is 5.91 Å². The number of aryl methyl sites for hydroxylation is 1. The number of hydrogen-bond donors (Lipinski definition) is 2. The fraction of sp³-hybridized carbons (Fsp3) is 0.0769.